The number of rotatable bonds is 3. The predicted molar refractivity (Wildman–Crippen MR) is 154 cm³/mol. The maximum absolute atomic E-state index is 12.7. The largest absolute Gasteiger partial charge is 0.444 e. The number of H-pyrrole nitrogens is 1. The van der Waals surface area contributed by atoms with Crippen LogP contribution in [0, 0.1) is 13.8 Å². The van der Waals surface area contributed by atoms with Gasteiger partial charge < -0.3 is 14.5 Å². The number of benzene rings is 1. The van der Waals surface area contributed by atoms with Crippen LogP contribution < -0.4 is 4.90 Å². The fraction of sp³-hybridized carbons (Fsp3) is 0.586. The molecule has 1 N–H and O–H groups in total. The minimum Gasteiger partial charge on any atom is -0.444 e. The van der Waals surface area contributed by atoms with E-state index in [1.54, 1.807) is 4.90 Å². The Kier molecular flexibility index (Phi) is 6.94. The number of anilines is 1. The number of aromatic amines is 1. The fourth-order valence-corrected chi connectivity index (χ4v) is 6.25. The Bertz CT molecular complexity index is 1420. The summed E-state index contributed by atoms with van der Waals surface area (Å²) in [6.45, 7) is 15.8. The second kappa shape index (κ2) is 9.84. The molecule has 9 nitrogen and oxygen atoms in total. The summed E-state index contributed by atoms with van der Waals surface area (Å²) in [4.78, 5) is 29.1. The highest BCUT2D eigenvalue weighted by molar-refractivity contribution is 6.36. The van der Waals surface area contributed by atoms with E-state index in [0.29, 0.717) is 37.5 Å². The average Bonchev–Trinajstić information content (AvgIpc) is 3.43. The lowest BCUT2D eigenvalue weighted by atomic mass is 9.88. The van der Waals surface area contributed by atoms with Crippen molar-refractivity contribution in [2.24, 2.45) is 0 Å². The first-order chi connectivity index (χ1) is 18.3. The maximum Gasteiger partial charge on any atom is 0.410 e. The molecule has 5 rings (SSSR count). The molecule has 39 heavy (non-hydrogen) atoms. The lowest BCUT2D eigenvalue weighted by molar-refractivity contribution is -0.121. The van der Waals surface area contributed by atoms with Gasteiger partial charge in [0.2, 0.25) is 0 Å². The van der Waals surface area contributed by atoms with Crippen LogP contribution in [0.1, 0.15) is 77.6 Å². The number of ether oxygens (including phenoxy) is 1. The number of aromatic nitrogens is 4. The number of nitrogens with zero attached hydrogens (tertiary/aromatic N) is 5. The first kappa shape index (κ1) is 27.5. The summed E-state index contributed by atoms with van der Waals surface area (Å²) in [6, 6.07) is 2.14. The van der Waals surface area contributed by atoms with Crippen molar-refractivity contribution in [3.05, 3.63) is 28.5 Å². The van der Waals surface area contributed by atoms with E-state index >= 15 is 0 Å². The van der Waals surface area contributed by atoms with E-state index in [-0.39, 0.29) is 23.5 Å². The van der Waals surface area contributed by atoms with Gasteiger partial charge in [0, 0.05) is 60.2 Å². The van der Waals surface area contributed by atoms with Gasteiger partial charge in [-0.15, -0.1) is 0 Å². The Morgan fingerprint density at radius 3 is 2.49 bits per heavy atom. The summed E-state index contributed by atoms with van der Waals surface area (Å²) >= 11 is 7.03. The SMILES string of the molecule is Cc1cc2[nH]ncc2c(-c2c(N3CCC(=O)CC3(C)C)nn(C3CCN(C(=O)OC(C)(C)C)CC3)c2C)c1Cl. The Morgan fingerprint density at radius 1 is 1.15 bits per heavy atom. The van der Waals surface area contributed by atoms with E-state index in [1.807, 2.05) is 40.0 Å². The third-order valence-corrected chi connectivity index (χ3v) is 8.43. The summed E-state index contributed by atoms with van der Waals surface area (Å²) in [5, 5.41) is 14.3. The molecule has 0 radical (unpaired) electrons. The van der Waals surface area contributed by atoms with Gasteiger partial charge in [-0.05, 0) is 72.9 Å². The molecule has 0 unspecified atom stereocenters. The number of carbonyl (C=O) groups is 2. The molecule has 1 aromatic carbocycles. The lowest BCUT2D eigenvalue weighted by Crippen LogP contribution is -2.51. The normalized spacial score (nSPS) is 18.7. The van der Waals surface area contributed by atoms with Crippen LogP contribution in [0.25, 0.3) is 22.0 Å². The van der Waals surface area contributed by atoms with Crippen LogP contribution in [-0.4, -0.2) is 67.5 Å². The molecule has 0 spiro atoms. The molecule has 0 atom stereocenters. The number of nitrogens with one attached hydrogen (secondary N) is 1. The predicted octanol–water partition coefficient (Wildman–Crippen LogP) is 6.22. The highest BCUT2D eigenvalue weighted by Crippen LogP contribution is 2.46. The van der Waals surface area contributed by atoms with Crippen molar-refractivity contribution in [2.45, 2.75) is 91.3 Å². The number of fused-ring (bicyclic) bond motifs is 1. The van der Waals surface area contributed by atoms with Gasteiger partial charge in [-0.2, -0.15) is 10.2 Å². The van der Waals surface area contributed by atoms with Gasteiger partial charge in [-0.25, -0.2) is 4.79 Å². The molecule has 2 aliphatic rings. The van der Waals surface area contributed by atoms with E-state index < -0.39 is 5.60 Å². The van der Waals surface area contributed by atoms with Crippen molar-refractivity contribution in [1.82, 2.24) is 24.9 Å². The van der Waals surface area contributed by atoms with Gasteiger partial charge in [-0.3, -0.25) is 14.6 Å². The number of likely N-dealkylation sites (tertiary alicyclic amines) is 1. The van der Waals surface area contributed by atoms with Crippen molar-refractivity contribution in [1.29, 1.82) is 0 Å². The molecule has 0 saturated carbocycles. The van der Waals surface area contributed by atoms with E-state index in [2.05, 4.69) is 40.6 Å². The van der Waals surface area contributed by atoms with Crippen molar-refractivity contribution >= 4 is 40.2 Å². The Morgan fingerprint density at radius 2 is 1.85 bits per heavy atom. The molecule has 2 saturated heterocycles. The van der Waals surface area contributed by atoms with Crippen LogP contribution in [0.3, 0.4) is 0 Å². The quantitative estimate of drug-likeness (QED) is 0.413. The van der Waals surface area contributed by atoms with Gasteiger partial charge in [0.15, 0.2) is 5.82 Å². The lowest BCUT2D eigenvalue weighted by Gasteiger charge is -2.42. The van der Waals surface area contributed by atoms with Crippen LogP contribution in [0.4, 0.5) is 10.6 Å². The molecule has 1 amide bonds. The first-order valence-electron chi connectivity index (χ1n) is 13.8. The highest BCUT2D eigenvalue weighted by Gasteiger charge is 2.39. The van der Waals surface area contributed by atoms with Gasteiger partial charge >= 0.3 is 6.09 Å². The van der Waals surface area contributed by atoms with E-state index in [4.69, 9.17) is 21.4 Å². The minimum absolute atomic E-state index is 0.120. The van der Waals surface area contributed by atoms with Crippen molar-refractivity contribution in [2.75, 3.05) is 24.5 Å². The van der Waals surface area contributed by atoms with Crippen molar-refractivity contribution in [3.63, 3.8) is 0 Å². The molecule has 10 heteroatoms. The number of ketones is 1. The zero-order chi connectivity index (χ0) is 28.3. The fourth-order valence-electron chi connectivity index (χ4n) is 6.00. The summed E-state index contributed by atoms with van der Waals surface area (Å²) in [7, 11) is 0. The second-order valence-electron chi connectivity index (χ2n) is 12.6. The Hall–Kier alpha value is -3.07. The van der Waals surface area contributed by atoms with Crippen LogP contribution >= 0.6 is 11.6 Å². The van der Waals surface area contributed by atoms with Crippen molar-refractivity contribution in [3.8, 4) is 11.1 Å². The molecule has 210 valence electrons. The molecule has 0 aliphatic carbocycles. The smallest absolute Gasteiger partial charge is 0.410 e. The van der Waals surface area contributed by atoms with E-state index in [9.17, 15) is 9.59 Å². The summed E-state index contributed by atoms with van der Waals surface area (Å²) < 4.78 is 7.72. The second-order valence-corrected chi connectivity index (χ2v) is 12.9. The first-order valence-corrected chi connectivity index (χ1v) is 14.1. The summed E-state index contributed by atoms with van der Waals surface area (Å²) in [5.41, 5.74) is 3.88. The molecule has 2 aromatic heterocycles. The van der Waals surface area contributed by atoms with Gasteiger partial charge in [-0.1, -0.05) is 11.6 Å². The molecular weight excluding hydrogens is 516 g/mol. The minimum atomic E-state index is -0.523. The third-order valence-electron chi connectivity index (χ3n) is 7.94. The van der Waals surface area contributed by atoms with Crippen LogP contribution in [0.2, 0.25) is 5.02 Å². The van der Waals surface area contributed by atoms with E-state index in [1.165, 1.54) is 0 Å². The molecule has 3 aromatic rings. The number of aryl methyl sites for hydroxylation is 1. The van der Waals surface area contributed by atoms with Crippen LogP contribution in [-0.2, 0) is 9.53 Å². The number of amides is 1. The zero-order valence-corrected chi connectivity index (χ0v) is 24.8. The van der Waals surface area contributed by atoms with Crippen LogP contribution in [0.5, 0.6) is 0 Å². The van der Waals surface area contributed by atoms with Gasteiger partial charge in [0.05, 0.1) is 22.8 Å². The Labute approximate surface area is 234 Å². The number of piperidine rings is 2. The number of halogens is 1. The van der Waals surface area contributed by atoms with Gasteiger partial charge in [0.25, 0.3) is 0 Å². The average molecular weight is 555 g/mol. The standard InChI is InChI=1S/C29H39ClN6O3/c1-17-14-22-21(16-31-32-22)24(25(17)30)23-18(2)36(33-26(23)35-13-10-20(37)15-29(35,6)7)19-8-11-34(12-9-19)27(38)39-28(3,4)5/h14,16,19H,8-13,15H2,1-7H3,(H,31,32). The Balaban J connectivity index is 1.58. The number of carbonyl (C=O) groups excluding carboxylic acids is 2. The third kappa shape index (κ3) is 5.13. The molecule has 2 aliphatic heterocycles. The summed E-state index contributed by atoms with van der Waals surface area (Å²) in [5.74, 6) is 1.11. The maximum atomic E-state index is 12.7. The molecular formula is C29H39ClN6O3. The molecule has 2 fully saturated rings. The summed E-state index contributed by atoms with van der Waals surface area (Å²) in [6.07, 6.45) is 4.05. The number of Topliss-reactive ketones (excluding diaryl/α,β-unsaturated/α-hetero) is 1. The molecule has 4 heterocycles. The number of hydrogen-bond donors (Lipinski definition) is 1. The number of hydrogen-bond acceptors (Lipinski definition) is 6. The monoisotopic (exact) mass is 554 g/mol. The van der Waals surface area contributed by atoms with E-state index in [0.717, 1.165) is 51.9 Å². The van der Waals surface area contributed by atoms with Crippen LogP contribution in [0.15, 0.2) is 12.3 Å². The van der Waals surface area contributed by atoms with Gasteiger partial charge in [0.1, 0.15) is 11.4 Å². The van der Waals surface area contributed by atoms with Crippen molar-refractivity contribution < 1.29 is 14.3 Å². The topological polar surface area (TPSA) is 96.4 Å². The highest BCUT2D eigenvalue weighted by atomic mass is 35.5. The zero-order valence-electron chi connectivity index (χ0n) is 24.0. The molecule has 0 bridgehead atoms.